The summed E-state index contributed by atoms with van der Waals surface area (Å²) in [6, 6.07) is 8.98. The van der Waals surface area contributed by atoms with Crippen molar-refractivity contribution in [2.75, 3.05) is 6.54 Å². The number of hydrogen-bond donors (Lipinski definition) is 2. The van der Waals surface area contributed by atoms with E-state index in [1.54, 1.807) is 30.7 Å². The third-order valence-electron chi connectivity index (χ3n) is 3.87. The zero-order valence-corrected chi connectivity index (χ0v) is 11.3. The van der Waals surface area contributed by atoms with E-state index in [2.05, 4.69) is 5.32 Å². The maximum Gasteiger partial charge on any atom is 0.311 e. The summed E-state index contributed by atoms with van der Waals surface area (Å²) in [6.45, 7) is 0.178. The number of hydrogen-bond acceptors (Lipinski definition) is 3. The molecule has 3 rings (SSSR count). The normalized spacial score (nSPS) is 15.4. The smallest absolute Gasteiger partial charge is 0.311 e. The van der Waals surface area contributed by atoms with Gasteiger partial charge < -0.3 is 14.8 Å². The minimum atomic E-state index is -0.838. The Morgan fingerprint density at radius 2 is 2.05 bits per heavy atom. The molecule has 1 saturated carbocycles. The lowest BCUT2D eigenvalue weighted by molar-refractivity contribution is -0.143. The fraction of sp³-hybridized carbons (Fsp3) is 0.250. The van der Waals surface area contributed by atoms with Crippen molar-refractivity contribution in [3.8, 4) is 11.1 Å². The predicted octanol–water partition coefficient (Wildman–Crippen LogP) is 2.54. The number of carbonyl (C=O) groups excluding carboxylic acids is 1. The summed E-state index contributed by atoms with van der Waals surface area (Å²) in [7, 11) is 0. The number of carboxylic acid groups (broad SMARTS) is 1. The van der Waals surface area contributed by atoms with Crippen molar-refractivity contribution in [3.05, 3.63) is 48.4 Å². The third-order valence-corrected chi connectivity index (χ3v) is 3.87. The quantitative estimate of drug-likeness (QED) is 0.884. The lowest BCUT2D eigenvalue weighted by Crippen LogP contribution is -2.34. The highest BCUT2D eigenvalue weighted by atomic mass is 16.4. The highest BCUT2D eigenvalue weighted by molar-refractivity contribution is 5.95. The summed E-state index contributed by atoms with van der Waals surface area (Å²) in [5.74, 6) is -1.09. The molecule has 1 fully saturated rings. The summed E-state index contributed by atoms with van der Waals surface area (Å²) in [5.41, 5.74) is 1.54. The van der Waals surface area contributed by atoms with Crippen LogP contribution in [-0.4, -0.2) is 23.5 Å². The molecule has 0 unspecified atom stereocenters. The molecular formula is C16H15NO4. The van der Waals surface area contributed by atoms with E-state index in [-0.39, 0.29) is 12.5 Å². The zero-order valence-electron chi connectivity index (χ0n) is 11.3. The number of nitrogens with one attached hydrogen (secondary N) is 1. The van der Waals surface area contributed by atoms with Crippen LogP contribution in [0.1, 0.15) is 23.2 Å². The van der Waals surface area contributed by atoms with Gasteiger partial charge in [0.15, 0.2) is 0 Å². The van der Waals surface area contributed by atoms with Crippen molar-refractivity contribution in [1.29, 1.82) is 0 Å². The van der Waals surface area contributed by atoms with E-state index in [9.17, 15) is 9.59 Å². The van der Waals surface area contributed by atoms with Crippen molar-refractivity contribution >= 4 is 11.9 Å². The summed E-state index contributed by atoms with van der Waals surface area (Å²) in [6.07, 6.45) is 4.43. The molecule has 2 aromatic rings. The summed E-state index contributed by atoms with van der Waals surface area (Å²) < 4.78 is 5.03. The molecular weight excluding hydrogens is 270 g/mol. The van der Waals surface area contributed by atoms with Crippen LogP contribution in [-0.2, 0) is 4.79 Å². The van der Waals surface area contributed by atoms with Crippen molar-refractivity contribution in [3.63, 3.8) is 0 Å². The minimum absolute atomic E-state index is 0.178. The van der Waals surface area contributed by atoms with Gasteiger partial charge in [0, 0.05) is 17.7 Å². The van der Waals surface area contributed by atoms with E-state index in [1.165, 1.54) is 0 Å². The molecule has 21 heavy (non-hydrogen) atoms. The Labute approximate surface area is 121 Å². The predicted molar refractivity (Wildman–Crippen MR) is 75.8 cm³/mol. The third kappa shape index (κ3) is 2.67. The molecule has 0 saturated heterocycles. The molecule has 0 atom stereocenters. The Kier molecular flexibility index (Phi) is 3.25. The molecule has 1 aromatic carbocycles. The zero-order chi connectivity index (χ0) is 14.9. The van der Waals surface area contributed by atoms with Crippen LogP contribution in [0.5, 0.6) is 0 Å². The van der Waals surface area contributed by atoms with Gasteiger partial charge in [0.1, 0.15) is 0 Å². The van der Waals surface area contributed by atoms with Crippen LogP contribution in [0.2, 0.25) is 0 Å². The Hall–Kier alpha value is -2.56. The fourth-order valence-electron chi connectivity index (χ4n) is 2.24. The van der Waals surface area contributed by atoms with Crippen LogP contribution >= 0.6 is 0 Å². The lowest BCUT2D eigenvalue weighted by Gasteiger charge is -2.11. The first kappa shape index (κ1) is 13.4. The SMILES string of the molecule is O=C(NCC1(C(=O)O)CC1)c1cccc(-c2ccoc2)c1. The monoisotopic (exact) mass is 285 g/mol. The molecule has 5 nitrogen and oxygen atoms in total. The molecule has 1 aliphatic carbocycles. The Bertz CT molecular complexity index is 671. The van der Waals surface area contributed by atoms with Gasteiger partial charge in [-0.2, -0.15) is 0 Å². The molecule has 1 aromatic heterocycles. The average Bonchev–Trinajstić information content (AvgIpc) is 3.09. The van der Waals surface area contributed by atoms with Crippen molar-refractivity contribution in [2.24, 2.45) is 5.41 Å². The molecule has 2 N–H and O–H groups in total. The highest BCUT2D eigenvalue weighted by Gasteiger charge is 2.50. The first-order valence-electron chi connectivity index (χ1n) is 6.75. The number of rotatable bonds is 5. The van der Waals surface area contributed by atoms with Gasteiger partial charge >= 0.3 is 5.97 Å². The maximum atomic E-state index is 12.1. The highest BCUT2D eigenvalue weighted by Crippen LogP contribution is 2.45. The Morgan fingerprint density at radius 1 is 1.24 bits per heavy atom. The van der Waals surface area contributed by atoms with E-state index in [0.717, 1.165) is 11.1 Å². The van der Waals surface area contributed by atoms with E-state index >= 15 is 0 Å². The van der Waals surface area contributed by atoms with Crippen LogP contribution < -0.4 is 5.32 Å². The second-order valence-electron chi connectivity index (χ2n) is 5.36. The van der Waals surface area contributed by atoms with Gasteiger partial charge in [-0.25, -0.2) is 0 Å². The van der Waals surface area contributed by atoms with Crippen molar-refractivity contribution in [1.82, 2.24) is 5.32 Å². The van der Waals surface area contributed by atoms with E-state index in [0.29, 0.717) is 18.4 Å². The van der Waals surface area contributed by atoms with Gasteiger partial charge in [-0.1, -0.05) is 12.1 Å². The maximum absolute atomic E-state index is 12.1. The summed E-state index contributed by atoms with van der Waals surface area (Å²) in [4.78, 5) is 23.2. The van der Waals surface area contributed by atoms with Crippen LogP contribution in [0.25, 0.3) is 11.1 Å². The molecule has 108 valence electrons. The van der Waals surface area contributed by atoms with Crippen LogP contribution in [0.15, 0.2) is 47.3 Å². The minimum Gasteiger partial charge on any atom is -0.481 e. The number of aliphatic carboxylic acids is 1. The van der Waals surface area contributed by atoms with Gasteiger partial charge in [0.2, 0.25) is 0 Å². The first-order chi connectivity index (χ1) is 10.1. The number of benzene rings is 1. The van der Waals surface area contributed by atoms with Crippen molar-refractivity contribution < 1.29 is 19.1 Å². The number of carboxylic acids is 1. The first-order valence-corrected chi connectivity index (χ1v) is 6.75. The molecule has 0 spiro atoms. The second kappa shape index (κ2) is 5.09. The molecule has 1 amide bonds. The molecule has 0 bridgehead atoms. The molecule has 0 radical (unpaired) electrons. The molecule has 0 aliphatic heterocycles. The molecule has 5 heteroatoms. The van der Waals surface area contributed by atoms with Gasteiger partial charge in [-0.3, -0.25) is 9.59 Å². The standard InChI is InChI=1S/C16H15NO4/c18-14(17-10-16(5-6-16)15(19)20)12-3-1-2-11(8-12)13-4-7-21-9-13/h1-4,7-9H,5-6,10H2,(H,17,18)(H,19,20). The van der Waals surface area contributed by atoms with E-state index < -0.39 is 11.4 Å². The Morgan fingerprint density at radius 3 is 2.67 bits per heavy atom. The van der Waals surface area contributed by atoms with Gasteiger partial charge in [0.25, 0.3) is 5.91 Å². The van der Waals surface area contributed by atoms with Crippen LogP contribution in [0.4, 0.5) is 0 Å². The van der Waals surface area contributed by atoms with Crippen molar-refractivity contribution in [2.45, 2.75) is 12.8 Å². The lowest BCUT2D eigenvalue weighted by atomic mass is 10.0. The van der Waals surface area contributed by atoms with E-state index in [1.807, 2.05) is 12.1 Å². The average molecular weight is 285 g/mol. The number of amides is 1. The molecule has 1 heterocycles. The van der Waals surface area contributed by atoms with Gasteiger partial charge in [-0.05, 0) is 36.6 Å². The number of furan rings is 1. The second-order valence-corrected chi connectivity index (χ2v) is 5.36. The molecule has 1 aliphatic rings. The summed E-state index contributed by atoms with van der Waals surface area (Å²) >= 11 is 0. The van der Waals surface area contributed by atoms with Gasteiger partial charge in [-0.15, -0.1) is 0 Å². The Balaban J connectivity index is 1.71. The van der Waals surface area contributed by atoms with Crippen LogP contribution in [0.3, 0.4) is 0 Å². The van der Waals surface area contributed by atoms with E-state index in [4.69, 9.17) is 9.52 Å². The summed E-state index contributed by atoms with van der Waals surface area (Å²) in [5, 5.41) is 11.8. The topological polar surface area (TPSA) is 79.5 Å². The number of carbonyl (C=O) groups is 2. The van der Waals surface area contributed by atoms with Gasteiger partial charge in [0.05, 0.1) is 17.9 Å². The fourth-order valence-corrected chi connectivity index (χ4v) is 2.24. The largest absolute Gasteiger partial charge is 0.481 e. The van der Waals surface area contributed by atoms with Crippen LogP contribution in [0, 0.1) is 5.41 Å².